The third kappa shape index (κ3) is 5.68. The maximum Gasteiger partial charge on any atom is 0.126 e. The largest absolute Gasteiger partial charge is 0.207 e. The van der Waals surface area contributed by atoms with E-state index in [1.54, 1.807) is 6.07 Å². The highest BCUT2D eigenvalue weighted by atomic mass is 28.1. The van der Waals surface area contributed by atoms with Crippen molar-refractivity contribution in [3.8, 4) is 0 Å². The van der Waals surface area contributed by atoms with Gasteiger partial charge in [-0.05, 0) is 73.5 Å². The maximum atomic E-state index is 13.8. The van der Waals surface area contributed by atoms with E-state index in [0.29, 0.717) is 5.92 Å². The molecule has 0 bridgehead atoms. The van der Waals surface area contributed by atoms with E-state index in [9.17, 15) is 4.39 Å². The average Bonchev–Trinajstić information content (AvgIpc) is 2.68. The SMILES string of the molecule is Cc1ccc(C2CCC(CCCCC3CCC(C[Si])CC3)CC2)cc1F. The molecule has 0 N–H and O–H groups in total. The molecular weight excluding hydrogens is 335 g/mol. The smallest absolute Gasteiger partial charge is 0.126 e. The molecule has 143 valence electrons. The van der Waals surface area contributed by atoms with Crippen LogP contribution in [0.5, 0.6) is 0 Å². The zero-order valence-electron chi connectivity index (χ0n) is 16.6. The zero-order chi connectivity index (χ0) is 18.4. The fourth-order valence-electron chi connectivity index (χ4n) is 5.24. The fraction of sp³-hybridized carbons (Fsp3) is 0.750. The number of halogens is 1. The van der Waals surface area contributed by atoms with Crippen LogP contribution in [-0.4, -0.2) is 10.2 Å². The average molecular weight is 372 g/mol. The second kappa shape index (κ2) is 10.1. The van der Waals surface area contributed by atoms with Crippen LogP contribution in [0.4, 0.5) is 4.39 Å². The maximum absolute atomic E-state index is 13.8. The van der Waals surface area contributed by atoms with Gasteiger partial charge in [-0.25, -0.2) is 4.39 Å². The summed E-state index contributed by atoms with van der Waals surface area (Å²) in [6.07, 6.45) is 16.8. The molecule has 0 spiro atoms. The normalized spacial score (nSPS) is 29.7. The predicted octanol–water partition coefficient (Wildman–Crippen LogP) is 7.36. The molecule has 0 amide bonds. The number of unbranched alkanes of at least 4 members (excludes halogenated alkanes) is 1. The molecule has 26 heavy (non-hydrogen) atoms. The van der Waals surface area contributed by atoms with E-state index in [4.69, 9.17) is 0 Å². The third-order valence-electron chi connectivity index (χ3n) is 7.24. The molecule has 2 heteroatoms. The minimum Gasteiger partial charge on any atom is -0.207 e. The number of rotatable bonds is 7. The molecule has 2 aliphatic rings. The molecule has 3 rings (SSSR count). The van der Waals surface area contributed by atoms with Crippen molar-refractivity contribution in [3.05, 3.63) is 35.1 Å². The fourth-order valence-corrected chi connectivity index (χ4v) is 5.65. The van der Waals surface area contributed by atoms with Gasteiger partial charge in [-0.3, -0.25) is 0 Å². The first-order valence-electron chi connectivity index (χ1n) is 11.1. The molecule has 3 radical (unpaired) electrons. The Morgan fingerprint density at radius 1 is 0.846 bits per heavy atom. The van der Waals surface area contributed by atoms with Gasteiger partial charge in [0, 0.05) is 10.2 Å². The van der Waals surface area contributed by atoms with E-state index in [1.165, 1.54) is 88.7 Å². The van der Waals surface area contributed by atoms with Crippen molar-refractivity contribution < 1.29 is 4.39 Å². The van der Waals surface area contributed by atoms with E-state index in [2.05, 4.69) is 16.3 Å². The molecule has 2 saturated carbocycles. The molecule has 0 aromatic heterocycles. The number of hydrogen-bond donors (Lipinski definition) is 0. The van der Waals surface area contributed by atoms with Gasteiger partial charge in [0.1, 0.15) is 5.82 Å². The standard InChI is InChI=1S/C24H36FSi/c1-18-6-13-23(16-24(18)25)22-14-11-20(12-15-22)5-3-2-4-19-7-9-21(17-26)10-8-19/h6,13,16,19-22H,2-5,7-12,14-15,17H2,1H3. The van der Waals surface area contributed by atoms with Gasteiger partial charge in [-0.15, -0.1) is 0 Å². The van der Waals surface area contributed by atoms with E-state index in [1.807, 2.05) is 13.0 Å². The molecule has 0 aliphatic heterocycles. The van der Waals surface area contributed by atoms with Gasteiger partial charge in [-0.1, -0.05) is 69.5 Å². The summed E-state index contributed by atoms with van der Waals surface area (Å²) in [5.74, 6) is 3.43. The van der Waals surface area contributed by atoms with Crippen molar-refractivity contribution >= 4 is 10.2 Å². The molecule has 0 unspecified atom stereocenters. The topological polar surface area (TPSA) is 0 Å². The highest BCUT2D eigenvalue weighted by molar-refractivity contribution is 6.08. The molecular formula is C24H36FSi. The Kier molecular flexibility index (Phi) is 7.78. The van der Waals surface area contributed by atoms with Crippen LogP contribution in [-0.2, 0) is 0 Å². The molecule has 0 nitrogen and oxygen atoms in total. The molecule has 0 saturated heterocycles. The zero-order valence-corrected chi connectivity index (χ0v) is 17.6. The second-order valence-corrected chi connectivity index (χ2v) is 9.51. The quantitative estimate of drug-likeness (QED) is 0.347. The van der Waals surface area contributed by atoms with Crippen LogP contribution in [0.25, 0.3) is 0 Å². The van der Waals surface area contributed by atoms with E-state index in [0.717, 1.165) is 23.3 Å². The van der Waals surface area contributed by atoms with Crippen molar-refractivity contribution in [2.24, 2.45) is 17.8 Å². The van der Waals surface area contributed by atoms with Crippen LogP contribution in [0.15, 0.2) is 18.2 Å². The lowest BCUT2D eigenvalue weighted by Crippen LogP contribution is -2.15. The summed E-state index contributed by atoms with van der Waals surface area (Å²) in [7, 11) is 3.69. The highest BCUT2D eigenvalue weighted by Crippen LogP contribution is 2.39. The van der Waals surface area contributed by atoms with Gasteiger partial charge >= 0.3 is 0 Å². The Labute approximate surface area is 163 Å². The molecule has 1 aromatic rings. The molecule has 0 atom stereocenters. The third-order valence-corrected chi connectivity index (χ3v) is 7.82. The summed E-state index contributed by atoms with van der Waals surface area (Å²) in [6, 6.07) is 7.07. The van der Waals surface area contributed by atoms with Crippen LogP contribution in [0, 0.1) is 30.5 Å². The minimum atomic E-state index is -0.0327. The first kappa shape index (κ1) is 20.1. The summed E-state index contributed by atoms with van der Waals surface area (Å²) in [5, 5.41) is 0. The van der Waals surface area contributed by atoms with Crippen LogP contribution in [0.3, 0.4) is 0 Å². The Morgan fingerprint density at radius 2 is 1.38 bits per heavy atom. The Hall–Kier alpha value is -0.633. The molecule has 1 aromatic carbocycles. The molecule has 2 aliphatic carbocycles. The minimum absolute atomic E-state index is 0.0327. The van der Waals surface area contributed by atoms with Crippen molar-refractivity contribution in [3.63, 3.8) is 0 Å². The second-order valence-electron chi connectivity index (χ2n) is 9.10. The van der Waals surface area contributed by atoms with Crippen molar-refractivity contribution in [2.45, 2.75) is 95.9 Å². The molecule has 0 heterocycles. The summed E-state index contributed by atoms with van der Waals surface area (Å²) in [5.41, 5.74) is 1.99. The van der Waals surface area contributed by atoms with E-state index >= 15 is 0 Å². The monoisotopic (exact) mass is 371 g/mol. The Morgan fingerprint density at radius 3 is 1.92 bits per heavy atom. The van der Waals surface area contributed by atoms with Crippen LogP contribution >= 0.6 is 0 Å². The van der Waals surface area contributed by atoms with Crippen molar-refractivity contribution in [1.29, 1.82) is 0 Å². The van der Waals surface area contributed by atoms with E-state index < -0.39 is 0 Å². The predicted molar refractivity (Wildman–Crippen MR) is 110 cm³/mol. The Balaban J connectivity index is 1.30. The lowest BCUT2D eigenvalue weighted by molar-refractivity contribution is 0.262. The van der Waals surface area contributed by atoms with Gasteiger partial charge in [0.15, 0.2) is 0 Å². The van der Waals surface area contributed by atoms with E-state index in [-0.39, 0.29) is 5.82 Å². The van der Waals surface area contributed by atoms with Crippen LogP contribution in [0.2, 0.25) is 6.04 Å². The van der Waals surface area contributed by atoms with Crippen molar-refractivity contribution in [2.75, 3.05) is 0 Å². The highest BCUT2D eigenvalue weighted by Gasteiger charge is 2.23. The summed E-state index contributed by atoms with van der Waals surface area (Å²) in [4.78, 5) is 0. The van der Waals surface area contributed by atoms with Gasteiger partial charge < -0.3 is 0 Å². The molecule has 2 fully saturated rings. The van der Waals surface area contributed by atoms with Crippen molar-refractivity contribution in [1.82, 2.24) is 0 Å². The summed E-state index contributed by atoms with van der Waals surface area (Å²) < 4.78 is 13.8. The lowest BCUT2D eigenvalue weighted by Gasteiger charge is -2.30. The summed E-state index contributed by atoms with van der Waals surface area (Å²) >= 11 is 0. The number of aryl methyl sites for hydroxylation is 1. The van der Waals surface area contributed by atoms with Gasteiger partial charge in [0.05, 0.1) is 0 Å². The first-order valence-corrected chi connectivity index (χ1v) is 11.8. The van der Waals surface area contributed by atoms with Crippen LogP contribution in [0.1, 0.15) is 94.1 Å². The number of hydrogen-bond acceptors (Lipinski definition) is 0. The van der Waals surface area contributed by atoms with Gasteiger partial charge in [0.2, 0.25) is 0 Å². The Bertz CT molecular complexity index is 539. The summed E-state index contributed by atoms with van der Waals surface area (Å²) in [6.45, 7) is 1.85. The first-order chi connectivity index (χ1) is 12.7. The van der Waals surface area contributed by atoms with Gasteiger partial charge in [0.25, 0.3) is 0 Å². The van der Waals surface area contributed by atoms with Gasteiger partial charge in [-0.2, -0.15) is 0 Å². The number of benzene rings is 1. The lowest BCUT2D eigenvalue weighted by atomic mass is 9.76. The van der Waals surface area contributed by atoms with Crippen LogP contribution < -0.4 is 0 Å².